The van der Waals surface area contributed by atoms with Crippen LogP contribution in [0.2, 0.25) is 5.02 Å². The molecule has 25 heavy (non-hydrogen) atoms. The van der Waals surface area contributed by atoms with Crippen molar-refractivity contribution < 1.29 is 9.84 Å². The summed E-state index contributed by atoms with van der Waals surface area (Å²) in [5.74, 6) is 1.21. The van der Waals surface area contributed by atoms with Crippen molar-refractivity contribution in [3.8, 4) is 11.5 Å². The van der Waals surface area contributed by atoms with Crippen LogP contribution in [0.4, 0.5) is 5.13 Å². The lowest BCUT2D eigenvalue weighted by Gasteiger charge is -2.27. The third kappa shape index (κ3) is 3.71. The minimum atomic E-state index is -0.299. The van der Waals surface area contributed by atoms with Gasteiger partial charge in [-0.25, -0.2) is 4.98 Å². The average Bonchev–Trinajstić information content (AvgIpc) is 3.01. The minimum absolute atomic E-state index is 0.0826. The van der Waals surface area contributed by atoms with E-state index < -0.39 is 0 Å². The van der Waals surface area contributed by atoms with Gasteiger partial charge in [-0.05, 0) is 31.0 Å². The first-order valence-corrected chi connectivity index (χ1v) is 9.51. The second-order valence-corrected chi connectivity index (χ2v) is 7.60. The summed E-state index contributed by atoms with van der Waals surface area (Å²) in [7, 11) is 0. The minimum Gasteiger partial charge on any atom is -0.454 e. The SMILES string of the molecule is O[C@@H]1CCCC[C@H]1Nc1nc2ccc(Oc3cnccc3Cl)cc2s1. The van der Waals surface area contributed by atoms with Crippen LogP contribution in [0.3, 0.4) is 0 Å². The van der Waals surface area contributed by atoms with Crippen LogP contribution < -0.4 is 10.1 Å². The summed E-state index contributed by atoms with van der Waals surface area (Å²) in [5.41, 5.74) is 0.905. The van der Waals surface area contributed by atoms with Crippen molar-refractivity contribution in [3.63, 3.8) is 0 Å². The van der Waals surface area contributed by atoms with Gasteiger partial charge < -0.3 is 15.2 Å². The number of anilines is 1. The molecule has 0 saturated heterocycles. The number of aromatic nitrogens is 2. The number of benzene rings is 1. The highest BCUT2D eigenvalue weighted by atomic mass is 35.5. The summed E-state index contributed by atoms with van der Waals surface area (Å²) in [6, 6.07) is 7.51. The molecule has 1 aromatic carbocycles. The Labute approximate surface area is 154 Å². The number of rotatable bonds is 4. The van der Waals surface area contributed by atoms with Gasteiger partial charge in [0.2, 0.25) is 0 Å². The maximum absolute atomic E-state index is 10.1. The molecule has 2 heterocycles. The van der Waals surface area contributed by atoms with Crippen molar-refractivity contribution in [2.45, 2.75) is 37.8 Å². The Bertz CT molecular complexity index is 886. The Morgan fingerprint density at radius 2 is 2.12 bits per heavy atom. The molecule has 2 atom stereocenters. The number of aliphatic hydroxyl groups excluding tert-OH is 1. The second kappa shape index (κ2) is 7.15. The summed E-state index contributed by atoms with van der Waals surface area (Å²) in [6.07, 6.45) is 6.99. The van der Waals surface area contributed by atoms with E-state index in [0.717, 1.165) is 41.0 Å². The third-order valence-corrected chi connectivity index (χ3v) is 5.62. The fraction of sp³-hybridized carbons (Fsp3) is 0.333. The van der Waals surface area contributed by atoms with Gasteiger partial charge in [0, 0.05) is 12.3 Å². The Hall–Kier alpha value is -1.89. The van der Waals surface area contributed by atoms with Crippen LogP contribution in [0.15, 0.2) is 36.7 Å². The van der Waals surface area contributed by atoms with Crippen molar-refractivity contribution in [3.05, 3.63) is 41.7 Å². The fourth-order valence-corrected chi connectivity index (χ4v) is 4.13. The summed E-state index contributed by atoms with van der Waals surface area (Å²) >= 11 is 7.67. The van der Waals surface area contributed by atoms with Crippen LogP contribution in [0, 0.1) is 0 Å². The molecule has 2 aromatic heterocycles. The fourth-order valence-electron chi connectivity index (χ4n) is 3.03. The third-order valence-electron chi connectivity index (χ3n) is 4.36. The number of halogens is 1. The van der Waals surface area contributed by atoms with Crippen LogP contribution in [0.5, 0.6) is 11.5 Å². The molecule has 1 aliphatic rings. The van der Waals surface area contributed by atoms with Crippen LogP contribution >= 0.6 is 22.9 Å². The van der Waals surface area contributed by atoms with Gasteiger partial charge in [-0.1, -0.05) is 35.8 Å². The normalized spacial score (nSPS) is 20.6. The molecular formula is C18H18ClN3O2S. The zero-order valence-corrected chi connectivity index (χ0v) is 15.1. The Balaban J connectivity index is 1.54. The van der Waals surface area contributed by atoms with Gasteiger partial charge in [0.15, 0.2) is 10.9 Å². The Kier molecular flexibility index (Phi) is 4.74. The zero-order valence-electron chi connectivity index (χ0n) is 13.5. The second-order valence-electron chi connectivity index (χ2n) is 6.16. The lowest BCUT2D eigenvalue weighted by molar-refractivity contribution is 0.116. The van der Waals surface area contributed by atoms with E-state index in [4.69, 9.17) is 16.3 Å². The molecule has 4 rings (SSSR count). The number of fused-ring (bicyclic) bond motifs is 1. The number of thiazole rings is 1. The summed E-state index contributed by atoms with van der Waals surface area (Å²) in [5, 5.41) is 14.9. The number of hydrogen-bond donors (Lipinski definition) is 2. The molecule has 0 spiro atoms. The molecule has 0 radical (unpaired) electrons. The molecule has 5 nitrogen and oxygen atoms in total. The van der Waals surface area contributed by atoms with Gasteiger partial charge in [-0.3, -0.25) is 4.98 Å². The van der Waals surface area contributed by atoms with Gasteiger partial charge in [-0.15, -0.1) is 0 Å². The molecule has 1 aliphatic carbocycles. The predicted octanol–water partition coefficient (Wildman–Crippen LogP) is 4.85. The highest BCUT2D eigenvalue weighted by molar-refractivity contribution is 7.22. The molecule has 0 unspecified atom stereocenters. The quantitative estimate of drug-likeness (QED) is 0.682. The standard InChI is InChI=1S/C18H18ClN3O2S/c19-12-7-8-20-10-16(12)24-11-5-6-14-17(9-11)25-18(22-14)21-13-3-1-2-4-15(13)23/h5-10,13,15,23H,1-4H2,(H,21,22)/t13-,15-/m1/s1. The van der Waals surface area contributed by atoms with E-state index in [1.54, 1.807) is 29.8 Å². The highest BCUT2D eigenvalue weighted by Gasteiger charge is 2.23. The number of nitrogens with zero attached hydrogens (tertiary/aromatic N) is 2. The molecule has 1 saturated carbocycles. The predicted molar refractivity (Wildman–Crippen MR) is 101 cm³/mol. The Morgan fingerprint density at radius 3 is 2.96 bits per heavy atom. The number of pyridine rings is 1. The van der Waals surface area contributed by atoms with Crippen molar-refractivity contribution in [1.82, 2.24) is 9.97 Å². The molecule has 3 aromatic rings. The summed E-state index contributed by atoms with van der Waals surface area (Å²) in [6.45, 7) is 0. The molecule has 2 N–H and O–H groups in total. The highest BCUT2D eigenvalue weighted by Crippen LogP contribution is 2.34. The molecule has 7 heteroatoms. The average molecular weight is 376 g/mol. The molecule has 1 fully saturated rings. The molecular weight excluding hydrogens is 358 g/mol. The first-order chi connectivity index (χ1) is 12.2. The molecule has 130 valence electrons. The zero-order chi connectivity index (χ0) is 17.2. The lowest BCUT2D eigenvalue weighted by Crippen LogP contribution is -2.36. The van der Waals surface area contributed by atoms with Crippen LogP contribution in [-0.4, -0.2) is 27.2 Å². The maximum Gasteiger partial charge on any atom is 0.184 e. The van der Waals surface area contributed by atoms with Gasteiger partial charge in [0.1, 0.15) is 5.75 Å². The number of hydrogen-bond acceptors (Lipinski definition) is 6. The van der Waals surface area contributed by atoms with E-state index >= 15 is 0 Å². The lowest BCUT2D eigenvalue weighted by atomic mass is 9.93. The summed E-state index contributed by atoms with van der Waals surface area (Å²) in [4.78, 5) is 8.64. The van der Waals surface area contributed by atoms with Crippen LogP contribution in [-0.2, 0) is 0 Å². The largest absolute Gasteiger partial charge is 0.454 e. The van der Waals surface area contributed by atoms with Gasteiger partial charge >= 0.3 is 0 Å². The van der Waals surface area contributed by atoms with E-state index in [1.807, 2.05) is 18.2 Å². The van der Waals surface area contributed by atoms with Crippen molar-refractivity contribution in [2.75, 3.05) is 5.32 Å². The topological polar surface area (TPSA) is 67.3 Å². The van der Waals surface area contributed by atoms with Crippen LogP contribution in [0.25, 0.3) is 10.2 Å². The molecule has 0 aliphatic heterocycles. The molecule has 0 bridgehead atoms. The van der Waals surface area contributed by atoms with E-state index in [2.05, 4.69) is 15.3 Å². The van der Waals surface area contributed by atoms with Crippen molar-refractivity contribution in [2.24, 2.45) is 0 Å². The van der Waals surface area contributed by atoms with Crippen molar-refractivity contribution in [1.29, 1.82) is 0 Å². The number of ether oxygens (including phenoxy) is 1. The first-order valence-electron chi connectivity index (χ1n) is 8.31. The van der Waals surface area contributed by atoms with E-state index in [0.29, 0.717) is 16.5 Å². The van der Waals surface area contributed by atoms with Crippen molar-refractivity contribution >= 4 is 38.3 Å². The smallest absolute Gasteiger partial charge is 0.184 e. The maximum atomic E-state index is 10.1. The summed E-state index contributed by atoms with van der Waals surface area (Å²) < 4.78 is 6.84. The first kappa shape index (κ1) is 16.6. The van der Waals surface area contributed by atoms with E-state index in [-0.39, 0.29) is 12.1 Å². The van der Waals surface area contributed by atoms with E-state index in [1.165, 1.54) is 0 Å². The number of nitrogens with one attached hydrogen (secondary N) is 1. The Morgan fingerprint density at radius 1 is 1.24 bits per heavy atom. The molecule has 0 amide bonds. The number of aliphatic hydroxyl groups is 1. The van der Waals surface area contributed by atoms with E-state index in [9.17, 15) is 5.11 Å². The van der Waals surface area contributed by atoms with Gasteiger partial charge in [0.25, 0.3) is 0 Å². The van der Waals surface area contributed by atoms with Gasteiger partial charge in [0.05, 0.1) is 33.6 Å². The van der Waals surface area contributed by atoms with Crippen LogP contribution in [0.1, 0.15) is 25.7 Å². The monoisotopic (exact) mass is 375 g/mol. The van der Waals surface area contributed by atoms with Gasteiger partial charge in [-0.2, -0.15) is 0 Å².